The number of fused-ring (bicyclic) bond motifs is 1. The summed E-state index contributed by atoms with van der Waals surface area (Å²) in [5, 5.41) is 0. The Morgan fingerprint density at radius 1 is 0.789 bits per heavy atom. The van der Waals surface area contributed by atoms with Crippen LogP contribution in [0, 0.1) is 11.8 Å². The lowest BCUT2D eigenvalue weighted by Gasteiger charge is -2.23. The average molecular weight is 517 g/mol. The molecular weight excluding hydrogens is 464 g/mol. The second kappa shape index (κ2) is 16.1. The number of H-pyrrole nitrogens is 1. The Balaban J connectivity index is 1.49. The van der Waals surface area contributed by atoms with Crippen molar-refractivity contribution in [3.63, 3.8) is 0 Å². The Morgan fingerprint density at radius 2 is 1.47 bits per heavy atom. The van der Waals surface area contributed by atoms with Crippen LogP contribution in [-0.4, -0.2) is 19.9 Å². The van der Waals surface area contributed by atoms with Crippen LogP contribution >= 0.6 is 0 Å². The summed E-state index contributed by atoms with van der Waals surface area (Å²) in [5.74, 6) is 9.11. The predicted molar refractivity (Wildman–Crippen MR) is 159 cm³/mol. The van der Waals surface area contributed by atoms with Gasteiger partial charge in [-0.05, 0) is 68.3 Å². The lowest BCUT2D eigenvalue weighted by molar-refractivity contribution is 0.445. The molecule has 2 aromatic rings. The van der Waals surface area contributed by atoms with Crippen LogP contribution in [0.5, 0.6) is 0 Å². The molecule has 1 atom stereocenters. The highest BCUT2D eigenvalue weighted by atomic mass is 14.9. The minimum atomic E-state index is 0.468. The first-order valence-corrected chi connectivity index (χ1v) is 16.2. The number of nitrogens with zero attached hydrogens (tertiary/aromatic N) is 3. The number of nitrogens with one attached hydrogen (secondary N) is 1. The van der Waals surface area contributed by atoms with E-state index in [1.807, 2.05) is 0 Å². The van der Waals surface area contributed by atoms with Gasteiger partial charge in [0.15, 0.2) is 5.82 Å². The zero-order chi connectivity index (χ0) is 26.4. The number of unbranched alkanes of at least 4 members (excludes halogenated alkanes) is 5. The fraction of sp³-hybridized carbons (Fsp3) is 0.735. The zero-order valence-corrected chi connectivity index (χ0v) is 24.4. The van der Waals surface area contributed by atoms with Gasteiger partial charge < -0.3 is 4.98 Å². The van der Waals surface area contributed by atoms with E-state index < -0.39 is 0 Å². The highest BCUT2D eigenvalue weighted by Gasteiger charge is 2.23. The number of hydrogen-bond donors (Lipinski definition) is 1. The Morgan fingerprint density at radius 3 is 2.26 bits per heavy atom. The van der Waals surface area contributed by atoms with Gasteiger partial charge in [0.2, 0.25) is 5.82 Å². The molecule has 1 unspecified atom stereocenters. The standard InChI is InChI=1S/C34H52N4/c1-3-4-5-6-9-14-19-27(2)31-26-35-32(37-31)24-25-33-36-30-23-18-13-8-12-17-22-29(30)34(38-33)28-20-15-10-7-11-16-21-28/h26-28H,3-23H2,1-2H3,(H,35,37). The molecule has 0 aliphatic heterocycles. The van der Waals surface area contributed by atoms with E-state index in [9.17, 15) is 0 Å². The van der Waals surface area contributed by atoms with Crippen molar-refractivity contribution in [3.8, 4) is 11.8 Å². The summed E-state index contributed by atoms with van der Waals surface area (Å²) in [6.45, 7) is 4.57. The van der Waals surface area contributed by atoms with Gasteiger partial charge in [0, 0.05) is 17.8 Å². The maximum atomic E-state index is 5.19. The van der Waals surface area contributed by atoms with E-state index in [-0.39, 0.29) is 0 Å². The molecule has 0 aromatic carbocycles. The molecule has 2 heterocycles. The monoisotopic (exact) mass is 516 g/mol. The predicted octanol–water partition coefficient (Wildman–Crippen LogP) is 9.33. The van der Waals surface area contributed by atoms with Gasteiger partial charge >= 0.3 is 0 Å². The van der Waals surface area contributed by atoms with E-state index in [0.717, 1.165) is 24.4 Å². The Hall–Kier alpha value is -2.15. The van der Waals surface area contributed by atoms with Gasteiger partial charge in [0.05, 0.1) is 11.4 Å². The third-order valence-corrected chi connectivity index (χ3v) is 8.84. The molecule has 0 spiro atoms. The number of aromatic amines is 1. The average Bonchev–Trinajstić information content (AvgIpc) is 3.42. The molecule has 0 saturated heterocycles. The minimum absolute atomic E-state index is 0.468. The zero-order valence-electron chi connectivity index (χ0n) is 24.4. The highest BCUT2D eigenvalue weighted by molar-refractivity contribution is 5.36. The lowest BCUT2D eigenvalue weighted by atomic mass is 9.85. The van der Waals surface area contributed by atoms with Crippen molar-refractivity contribution in [2.24, 2.45) is 0 Å². The highest BCUT2D eigenvalue weighted by Crippen LogP contribution is 2.34. The molecule has 1 fully saturated rings. The number of hydrogen-bond acceptors (Lipinski definition) is 3. The van der Waals surface area contributed by atoms with Gasteiger partial charge in [0.25, 0.3) is 0 Å². The maximum Gasteiger partial charge on any atom is 0.205 e. The van der Waals surface area contributed by atoms with Crippen LogP contribution in [-0.2, 0) is 12.8 Å². The van der Waals surface area contributed by atoms with Gasteiger partial charge in [-0.25, -0.2) is 15.0 Å². The number of aromatic nitrogens is 4. The molecule has 1 saturated carbocycles. The molecule has 0 amide bonds. The van der Waals surface area contributed by atoms with E-state index in [1.165, 1.54) is 139 Å². The topological polar surface area (TPSA) is 54.5 Å². The van der Waals surface area contributed by atoms with Crippen molar-refractivity contribution in [2.45, 2.75) is 161 Å². The van der Waals surface area contributed by atoms with E-state index in [0.29, 0.717) is 17.7 Å². The third kappa shape index (κ3) is 8.96. The van der Waals surface area contributed by atoms with Crippen molar-refractivity contribution >= 4 is 0 Å². The summed E-state index contributed by atoms with van der Waals surface area (Å²) in [6.07, 6.45) is 29.4. The normalized spacial score (nSPS) is 18.2. The largest absolute Gasteiger partial charge is 0.338 e. The van der Waals surface area contributed by atoms with E-state index in [2.05, 4.69) is 36.9 Å². The molecule has 38 heavy (non-hydrogen) atoms. The van der Waals surface area contributed by atoms with Gasteiger partial charge in [-0.15, -0.1) is 0 Å². The van der Waals surface area contributed by atoms with Crippen LogP contribution in [0.4, 0.5) is 0 Å². The van der Waals surface area contributed by atoms with Crippen LogP contribution in [0.15, 0.2) is 6.20 Å². The summed E-state index contributed by atoms with van der Waals surface area (Å²) in [7, 11) is 0. The fourth-order valence-corrected chi connectivity index (χ4v) is 6.42. The van der Waals surface area contributed by atoms with E-state index >= 15 is 0 Å². The molecule has 4 heteroatoms. The van der Waals surface area contributed by atoms with Crippen molar-refractivity contribution in [1.29, 1.82) is 0 Å². The van der Waals surface area contributed by atoms with Crippen molar-refractivity contribution in [3.05, 3.63) is 40.5 Å². The number of aryl methyl sites for hydroxylation is 1. The van der Waals surface area contributed by atoms with Gasteiger partial charge in [-0.2, -0.15) is 0 Å². The van der Waals surface area contributed by atoms with Crippen molar-refractivity contribution in [2.75, 3.05) is 0 Å². The summed E-state index contributed by atoms with van der Waals surface area (Å²) in [4.78, 5) is 18.4. The smallest absolute Gasteiger partial charge is 0.205 e. The molecule has 2 aliphatic carbocycles. The molecule has 208 valence electrons. The molecule has 2 aliphatic rings. The van der Waals surface area contributed by atoms with E-state index in [4.69, 9.17) is 15.0 Å². The van der Waals surface area contributed by atoms with Crippen LogP contribution < -0.4 is 0 Å². The number of rotatable bonds is 9. The van der Waals surface area contributed by atoms with Gasteiger partial charge in [-0.1, -0.05) is 104 Å². The second-order valence-electron chi connectivity index (χ2n) is 12.0. The van der Waals surface area contributed by atoms with Gasteiger partial charge in [-0.3, -0.25) is 0 Å². The van der Waals surface area contributed by atoms with Crippen LogP contribution in [0.3, 0.4) is 0 Å². The number of imidazole rings is 1. The van der Waals surface area contributed by atoms with Crippen LogP contribution in [0.2, 0.25) is 0 Å². The summed E-state index contributed by atoms with van der Waals surface area (Å²) in [5.41, 5.74) is 5.24. The quantitative estimate of drug-likeness (QED) is 0.267. The molecule has 0 radical (unpaired) electrons. The first-order chi connectivity index (χ1) is 18.7. The molecular formula is C34H52N4. The second-order valence-corrected chi connectivity index (χ2v) is 12.0. The van der Waals surface area contributed by atoms with Crippen molar-refractivity contribution < 1.29 is 0 Å². The summed E-state index contributed by atoms with van der Waals surface area (Å²) < 4.78 is 0. The SMILES string of the molecule is CCCCCCCCC(C)c1c[nH]c(C#Cc2nc3c(c(C4CCCCCCC4)n2)CCCCCCC3)n1. The third-order valence-electron chi connectivity index (χ3n) is 8.84. The molecule has 4 rings (SSSR count). The Bertz CT molecular complexity index is 1020. The maximum absolute atomic E-state index is 5.19. The lowest BCUT2D eigenvalue weighted by Crippen LogP contribution is -2.14. The molecule has 2 aromatic heterocycles. The van der Waals surface area contributed by atoms with E-state index in [1.54, 1.807) is 0 Å². The Labute approximate surface area is 232 Å². The summed E-state index contributed by atoms with van der Waals surface area (Å²) >= 11 is 0. The molecule has 4 nitrogen and oxygen atoms in total. The molecule has 0 bridgehead atoms. The Kier molecular flexibility index (Phi) is 12.2. The van der Waals surface area contributed by atoms with Crippen LogP contribution in [0.1, 0.15) is 182 Å². The molecule has 1 N–H and O–H groups in total. The fourth-order valence-electron chi connectivity index (χ4n) is 6.42. The van der Waals surface area contributed by atoms with Crippen molar-refractivity contribution in [1.82, 2.24) is 19.9 Å². The minimum Gasteiger partial charge on any atom is -0.338 e. The first kappa shape index (κ1) is 28.8. The van der Waals surface area contributed by atoms with Crippen LogP contribution in [0.25, 0.3) is 0 Å². The first-order valence-electron chi connectivity index (χ1n) is 16.2. The summed E-state index contributed by atoms with van der Waals surface area (Å²) in [6, 6.07) is 0. The van der Waals surface area contributed by atoms with Gasteiger partial charge in [0.1, 0.15) is 0 Å².